The molecule has 1 amide bonds. The lowest BCUT2D eigenvalue weighted by Crippen LogP contribution is -2.21. The number of hydrogen-bond donors (Lipinski definition) is 2. The summed E-state index contributed by atoms with van der Waals surface area (Å²) in [5.74, 6) is -2.80. The Hall–Kier alpha value is -3.21. The molecule has 1 aromatic carbocycles. The number of anilines is 1. The van der Waals surface area contributed by atoms with Crippen LogP contribution in [0.1, 0.15) is 21.6 Å². The fourth-order valence-electron chi connectivity index (χ4n) is 2.72. The lowest BCUT2D eigenvalue weighted by molar-refractivity contribution is -0.153. The van der Waals surface area contributed by atoms with E-state index in [0.29, 0.717) is 0 Å². The number of aromatic nitrogens is 3. The first-order valence-electron chi connectivity index (χ1n) is 8.33. The summed E-state index contributed by atoms with van der Waals surface area (Å²) < 4.78 is 56.1. The van der Waals surface area contributed by atoms with Crippen molar-refractivity contribution < 1.29 is 31.9 Å². The molecule has 0 fully saturated rings. The van der Waals surface area contributed by atoms with Crippen molar-refractivity contribution in [2.45, 2.75) is 13.1 Å². The number of nitrogens with zero attached hydrogens (tertiary/aromatic N) is 2. The number of amides is 1. The number of rotatable bonds is 6. The third kappa shape index (κ3) is 4.35. The molecule has 0 spiro atoms. The predicted molar refractivity (Wildman–Crippen MR) is 99.4 cm³/mol. The number of ketones is 1. The van der Waals surface area contributed by atoms with Gasteiger partial charge in [0, 0.05) is 16.5 Å². The first kappa shape index (κ1) is 21.5. The van der Waals surface area contributed by atoms with Gasteiger partial charge in [-0.15, -0.1) is 11.6 Å². The normalized spacial score (nSPS) is 11.5. The molecular formula is C18H13ClF4N4O3. The highest BCUT2D eigenvalue weighted by Crippen LogP contribution is 2.32. The summed E-state index contributed by atoms with van der Waals surface area (Å²) in [7, 11) is 0. The number of halogens is 5. The second-order valence-corrected chi connectivity index (χ2v) is 6.41. The van der Waals surface area contributed by atoms with E-state index in [0.717, 1.165) is 12.3 Å². The van der Waals surface area contributed by atoms with Crippen LogP contribution < -0.4 is 10.1 Å². The van der Waals surface area contributed by atoms with Gasteiger partial charge < -0.3 is 10.1 Å². The van der Waals surface area contributed by atoms with Crippen molar-refractivity contribution in [2.75, 3.05) is 17.8 Å². The molecule has 0 atom stereocenters. The number of pyridine rings is 1. The number of alkyl halides is 4. The minimum absolute atomic E-state index is 0.00551. The summed E-state index contributed by atoms with van der Waals surface area (Å²) in [4.78, 5) is 28.8. The zero-order valence-corrected chi connectivity index (χ0v) is 16.0. The minimum Gasteiger partial charge on any atom is -0.482 e. The molecule has 7 nitrogen and oxygen atoms in total. The molecule has 0 saturated carbocycles. The molecule has 30 heavy (non-hydrogen) atoms. The summed E-state index contributed by atoms with van der Waals surface area (Å²) in [5, 5.41) is 8.67. The SMILES string of the molecule is Cc1c(OCC(F)(F)F)cnc(C(=O)c2ccc(F)c3[nH]ncc23)c1NC(=O)CCl. The van der Waals surface area contributed by atoms with Crippen molar-refractivity contribution in [3.63, 3.8) is 0 Å². The van der Waals surface area contributed by atoms with Crippen LogP contribution in [0.15, 0.2) is 24.5 Å². The monoisotopic (exact) mass is 444 g/mol. The average Bonchev–Trinajstić information content (AvgIpc) is 3.18. The molecule has 3 aromatic rings. The maximum Gasteiger partial charge on any atom is 0.422 e. The van der Waals surface area contributed by atoms with Crippen LogP contribution in [0.25, 0.3) is 10.9 Å². The molecule has 0 aliphatic rings. The summed E-state index contributed by atoms with van der Waals surface area (Å²) in [6, 6.07) is 2.27. The van der Waals surface area contributed by atoms with Crippen LogP contribution in [-0.2, 0) is 4.79 Å². The second kappa shape index (κ2) is 8.27. The highest BCUT2D eigenvalue weighted by atomic mass is 35.5. The second-order valence-electron chi connectivity index (χ2n) is 6.14. The number of nitrogens with one attached hydrogen (secondary N) is 2. The van der Waals surface area contributed by atoms with Crippen molar-refractivity contribution in [3.8, 4) is 5.75 Å². The van der Waals surface area contributed by atoms with Crippen LogP contribution in [0.3, 0.4) is 0 Å². The first-order valence-corrected chi connectivity index (χ1v) is 8.87. The van der Waals surface area contributed by atoms with Crippen LogP contribution in [-0.4, -0.2) is 45.5 Å². The van der Waals surface area contributed by atoms with Crippen LogP contribution in [0.5, 0.6) is 5.75 Å². The van der Waals surface area contributed by atoms with Crippen molar-refractivity contribution >= 4 is 39.9 Å². The Bertz CT molecular complexity index is 1130. The molecule has 12 heteroatoms. The average molecular weight is 445 g/mol. The van der Waals surface area contributed by atoms with Crippen LogP contribution in [0.2, 0.25) is 0 Å². The molecule has 2 N–H and O–H groups in total. The molecule has 2 aromatic heterocycles. The van der Waals surface area contributed by atoms with Gasteiger partial charge in [-0.25, -0.2) is 9.37 Å². The third-order valence-corrected chi connectivity index (χ3v) is 4.34. The van der Waals surface area contributed by atoms with E-state index in [2.05, 4.69) is 20.5 Å². The maximum atomic E-state index is 13.9. The standard InChI is InChI=1S/C18H13ClF4N4O3/c1-8-12(30-7-18(21,22)23)6-24-16(14(8)26-13(28)4-19)17(29)9-2-3-11(20)15-10(9)5-25-27-15/h2-3,5-6H,4,7H2,1H3,(H,25,27)(H,26,28). The van der Waals surface area contributed by atoms with E-state index >= 15 is 0 Å². The van der Waals surface area contributed by atoms with Gasteiger partial charge in [0.05, 0.1) is 18.1 Å². The number of ether oxygens (including phenoxy) is 1. The number of carbonyl (C=O) groups is 2. The van der Waals surface area contributed by atoms with E-state index in [4.69, 9.17) is 16.3 Å². The molecule has 0 bridgehead atoms. The molecule has 2 heterocycles. The first-order chi connectivity index (χ1) is 14.1. The Labute approximate surface area is 171 Å². The van der Waals surface area contributed by atoms with Gasteiger partial charge in [-0.3, -0.25) is 14.7 Å². The fourth-order valence-corrected chi connectivity index (χ4v) is 2.78. The zero-order chi connectivity index (χ0) is 22.1. The fraction of sp³-hybridized carbons (Fsp3) is 0.222. The Morgan fingerprint density at radius 3 is 2.67 bits per heavy atom. The van der Waals surface area contributed by atoms with Crippen molar-refractivity contribution in [2.24, 2.45) is 0 Å². The number of benzene rings is 1. The van der Waals surface area contributed by atoms with Gasteiger partial charge in [0.25, 0.3) is 0 Å². The third-order valence-electron chi connectivity index (χ3n) is 4.09. The molecule has 158 valence electrons. The zero-order valence-electron chi connectivity index (χ0n) is 15.2. The molecule has 3 rings (SSSR count). The van der Waals surface area contributed by atoms with Gasteiger partial charge in [-0.2, -0.15) is 18.3 Å². The van der Waals surface area contributed by atoms with E-state index in [1.54, 1.807) is 0 Å². The smallest absolute Gasteiger partial charge is 0.422 e. The Kier molecular flexibility index (Phi) is 5.92. The van der Waals surface area contributed by atoms with Crippen LogP contribution in [0.4, 0.5) is 23.2 Å². The number of carbonyl (C=O) groups excluding carboxylic acids is 2. The molecule has 0 saturated heterocycles. The lowest BCUT2D eigenvalue weighted by atomic mass is 10.0. The van der Waals surface area contributed by atoms with Crippen molar-refractivity contribution in [1.82, 2.24) is 15.2 Å². The van der Waals surface area contributed by atoms with E-state index in [1.807, 2.05) is 0 Å². The lowest BCUT2D eigenvalue weighted by Gasteiger charge is -2.17. The quantitative estimate of drug-likeness (QED) is 0.343. The van der Waals surface area contributed by atoms with Crippen molar-refractivity contribution in [3.05, 3.63) is 47.2 Å². The topological polar surface area (TPSA) is 97.0 Å². The van der Waals surface area contributed by atoms with Gasteiger partial charge in [0.1, 0.15) is 28.7 Å². The Morgan fingerprint density at radius 1 is 1.27 bits per heavy atom. The molecule has 0 unspecified atom stereocenters. The van der Waals surface area contributed by atoms with Gasteiger partial charge in [-0.1, -0.05) is 0 Å². The highest BCUT2D eigenvalue weighted by Gasteiger charge is 2.30. The Balaban J connectivity index is 2.09. The van der Waals surface area contributed by atoms with E-state index in [1.165, 1.54) is 19.2 Å². The molecule has 0 radical (unpaired) electrons. The number of H-pyrrole nitrogens is 1. The summed E-state index contributed by atoms with van der Waals surface area (Å²) >= 11 is 5.49. The van der Waals surface area contributed by atoms with E-state index in [-0.39, 0.29) is 39.2 Å². The van der Waals surface area contributed by atoms with Crippen LogP contribution >= 0.6 is 11.6 Å². The summed E-state index contributed by atoms with van der Waals surface area (Å²) in [5.41, 5.74) is -0.376. The maximum absolute atomic E-state index is 13.9. The molecule has 0 aliphatic heterocycles. The van der Waals surface area contributed by atoms with E-state index < -0.39 is 36.2 Å². The van der Waals surface area contributed by atoms with Crippen molar-refractivity contribution in [1.29, 1.82) is 0 Å². The molecular weight excluding hydrogens is 432 g/mol. The van der Waals surface area contributed by atoms with Crippen LogP contribution in [0, 0.1) is 12.7 Å². The summed E-state index contributed by atoms with van der Waals surface area (Å²) in [6.45, 7) is -0.231. The molecule has 0 aliphatic carbocycles. The largest absolute Gasteiger partial charge is 0.482 e. The predicted octanol–water partition coefficient (Wildman–Crippen LogP) is 3.75. The number of fused-ring (bicyclic) bond motifs is 1. The van der Waals surface area contributed by atoms with Gasteiger partial charge in [-0.05, 0) is 19.1 Å². The minimum atomic E-state index is -4.60. The number of hydrogen-bond acceptors (Lipinski definition) is 5. The van der Waals surface area contributed by atoms with Gasteiger partial charge in [0.15, 0.2) is 6.61 Å². The van der Waals surface area contributed by atoms with Gasteiger partial charge >= 0.3 is 6.18 Å². The van der Waals surface area contributed by atoms with Gasteiger partial charge in [0.2, 0.25) is 11.7 Å². The highest BCUT2D eigenvalue weighted by molar-refractivity contribution is 6.29. The Morgan fingerprint density at radius 2 is 2.00 bits per heavy atom. The summed E-state index contributed by atoms with van der Waals surface area (Å²) in [6.07, 6.45) is -2.40. The van der Waals surface area contributed by atoms with E-state index in [9.17, 15) is 27.2 Å². The number of aromatic amines is 1.